The summed E-state index contributed by atoms with van der Waals surface area (Å²) in [6, 6.07) is 5.38. The van der Waals surface area contributed by atoms with Gasteiger partial charge >= 0.3 is 0 Å². The van der Waals surface area contributed by atoms with E-state index in [0.717, 1.165) is 36.8 Å². The lowest BCUT2D eigenvalue weighted by atomic mass is 9.93. The molecule has 3 nitrogen and oxygen atoms in total. The maximum absolute atomic E-state index is 14.3. The number of ether oxygens (including phenoxy) is 1. The van der Waals surface area contributed by atoms with E-state index in [1.807, 2.05) is 6.07 Å². The van der Waals surface area contributed by atoms with Crippen LogP contribution in [0.2, 0.25) is 0 Å². The molecule has 0 aromatic heterocycles. The zero-order valence-electron chi connectivity index (χ0n) is 13.2. The lowest BCUT2D eigenvalue weighted by molar-refractivity contribution is 0.199. The van der Waals surface area contributed by atoms with Crippen LogP contribution in [-0.2, 0) is 11.3 Å². The summed E-state index contributed by atoms with van der Waals surface area (Å²) in [5.74, 6) is 0.701. The smallest absolute Gasteiger partial charge is 0.146 e. The Morgan fingerprint density at radius 2 is 2.10 bits per heavy atom. The molecule has 1 aromatic rings. The Morgan fingerprint density at radius 1 is 1.33 bits per heavy atom. The largest absolute Gasteiger partial charge is 0.383 e. The number of nitrogens with one attached hydrogen (secondary N) is 1. The van der Waals surface area contributed by atoms with Gasteiger partial charge in [0, 0.05) is 33.3 Å². The molecular formula is C17H27FN2O. The summed E-state index contributed by atoms with van der Waals surface area (Å²) in [5, 5.41) is 3.31. The minimum absolute atomic E-state index is 0.101. The Morgan fingerprint density at radius 3 is 2.76 bits per heavy atom. The van der Waals surface area contributed by atoms with Gasteiger partial charge in [0.2, 0.25) is 0 Å². The first kappa shape index (κ1) is 16.2. The zero-order valence-corrected chi connectivity index (χ0v) is 13.2. The van der Waals surface area contributed by atoms with Crippen molar-refractivity contribution in [3.8, 4) is 0 Å². The van der Waals surface area contributed by atoms with Gasteiger partial charge in [0.25, 0.3) is 0 Å². The normalized spacial score (nSPS) is 16.4. The lowest BCUT2D eigenvalue weighted by Crippen LogP contribution is -2.35. The molecule has 1 fully saturated rings. The van der Waals surface area contributed by atoms with Crippen molar-refractivity contribution < 1.29 is 9.13 Å². The third kappa shape index (κ3) is 4.42. The Balaban J connectivity index is 2.03. The molecule has 0 unspecified atom stereocenters. The monoisotopic (exact) mass is 294 g/mol. The Labute approximate surface area is 127 Å². The van der Waals surface area contributed by atoms with Crippen LogP contribution >= 0.6 is 0 Å². The molecule has 1 aliphatic heterocycles. The first-order valence-electron chi connectivity index (χ1n) is 7.98. The SMILES string of the molecule is CCC1CCN(c2c(F)cccc2CNCCOC)CC1. The molecule has 118 valence electrons. The molecule has 0 saturated carbocycles. The molecule has 0 spiro atoms. The van der Waals surface area contributed by atoms with Gasteiger partial charge < -0.3 is 15.0 Å². The first-order valence-corrected chi connectivity index (χ1v) is 7.98. The molecule has 21 heavy (non-hydrogen) atoms. The van der Waals surface area contributed by atoms with Gasteiger partial charge in [0.05, 0.1) is 12.3 Å². The molecule has 0 aliphatic carbocycles. The van der Waals surface area contributed by atoms with Crippen LogP contribution in [0.3, 0.4) is 0 Å². The molecule has 2 rings (SSSR count). The molecule has 1 N–H and O–H groups in total. The van der Waals surface area contributed by atoms with E-state index in [1.165, 1.54) is 19.3 Å². The Kier molecular flexibility index (Phi) is 6.46. The third-order valence-electron chi connectivity index (χ3n) is 4.38. The van der Waals surface area contributed by atoms with Crippen LogP contribution in [0.25, 0.3) is 0 Å². The fraction of sp³-hybridized carbons (Fsp3) is 0.647. The standard InChI is InChI=1S/C17H27FN2O/c1-3-14-7-10-20(11-8-14)17-15(5-4-6-16(17)18)13-19-9-12-21-2/h4-6,14,19H,3,7-13H2,1-2H3. The highest BCUT2D eigenvalue weighted by atomic mass is 19.1. The summed E-state index contributed by atoms with van der Waals surface area (Å²) in [6.45, 7) is 6.31. The summed E-state index contributed by atoms with van der Waals surface area (Å²) in [5.41, 5.74) is 1.83. The molecular weight excluding hydrogens is 267 g/mol. The summed E-state index contributed by atoms with van der Waals surface area (Å²) in [6.07, 6.45) is 3.57. The number of halogens is 1. The van der Waals surface area contributed by atoms with Crippen molar-refractivity contribution in [2.24, 2.45) is 5.92 Å². The lowest BCUT2D eigenvalue weighted by Gasteiger charge is -2.34. The van der Waals surface area contributed by atoms with Crippen LogP contribution in [0.5, 0.6) is 0 Å². The van der Waals surface area contributed by atoms with Gasteiger partial charge in [-0.15, -0.1) is 0 Å². The van der Waals surface area contributed by atoms with E-state index < -0.39 is 0 Å². The number of rotatable bonds is 7. The van der Waals surface area contributed by atoms with Crippen molar-refractivity contribution >= 4 is 5.69 Å². The van der Waals surface area contributed by atoms with E-state index in [9.17, 15) is 4.39 Å². The second kappa shape index (κ2) is 8.35. The van der Waals surface area contributed by atoms with Crippen molar-refractivity contribution in [2.75, 3.05) is 38.3 Å². The average molecular weight is 294 g/mol. The number of nitrogens with zero attached hydrogens (tertiary/aromatic N) is 1. The van der Waals surface area contributed by atoms with Gasteiger partial charge in [0.15, 0.2) is 0 Å². The predicted molar refractivity (Wildman–Crippen MR) is 85.2 cm³/mol. The number of hydrogen-bond donors (Lipinski definition) is 1. The van der Waals surface area contributed by atoms with Crippen molar-refractivity contribution in [3.05, 3.63) is 29.6 Å². The second-order valence-electron chi connectivity index (χ2n) is 5.76. The fourth-order valence-electron chi connectivity index (χ4n) is 3.02. The molecule has 4 heteroatoms. The molecule has 1 aromatic carbocycles. The quantitative estimate of drug-likeness (QED) is 0.782. The minimum atomic E-state index is -0.101. The highest BCUT2D eigenvalue weighted by molar-refractivity contribution is 5.55. The maximum Gasteiger partial charge on any atom is 0.146 e. The molecule has 0 bridgehead atoms. The fourth-order valence-corrected chi connectivity index (χ4v) is 3.02. The highest BCUT2D eigenvalue weighted by Gasteiger charge is 2.22. The van der Waals surface area contributed by atoms with Crippen molar-refractivity contribution in [3.63, 3.8) is 0 Å². The van der Waals surface area contributed by atoms with Crippen LogP contribution in [0.4, 0.5) is 10.1 Å². The van der Waals surface area contributed by atoms with E-state index in [0.29, 0.717) is 13.2 Å². The summed E-state index contributed by atoms with van der Waals surface area (Å²) >= 11 is 0. The maximum atomic E-state index is 14.3. The summed E-state index contributed by atoms with van der Waals surface area (Å²) in [7, 11) is 1.69. The van der Waals surface area contributed by atoms with Crippen LogP contribution in [0.1, 0.15) is 31.7 Å². The van der Waals surface area contributed by atoms with Crippen LogP contribution < -0.4 is 10.2 Å². The molecule has 0 radical (unpaired) electrons. The molecule has 0 amide bonds. The average Bonchev–Trinajstić information content (AvgIpc) is 2.52. The Hall–Kier alpha value is -1.13. The number of hydrogen-bond acceptors (Lipinski definition) is 3. The van der Waals surface area contributed by atoms with Gasteiger partial charge in [-0.05, 0) is 30.4 Å². The number of anilines is 1. The van der Waals surface area contributed by atoms with Crippen LogP contribution in [-0.4, -0.2) is 33.4 Å². The van der Waals surface area contributed by atoms with Gasteiger partial charge in [-0.1, -0.05) is 25.5 Å². The van der Waals surface area contributed by atoms with E-state index >= 15 is 0 Å². The van der Waals surface area contributed by atoms with E-state index in [2.05, 4.69) is 17.1 Å². The topological polar surface area (TPSA) is 24.5 Å². The number of methoxy groups -OCH3 is 1. The molecule has 1 aliphatic rings. The van der Waals surface area contributed by atoms with Crippen molar-refractivity contribution in [1.29, 1.82) is 0 Å². The van der Waals surface area contributed by atoms with E-state index in [-0.39, 0.29) is 5.82 Å². The summed E-state index contributed by atoms with van der Waals surface area (Å²) < 4.78 is 19.3. The van der Waals surface area contributed by atoms with E-state index in [1.54, 1.807) is 19.2 Å². The molecule has 1 saturated heterocycles. The number of para-hydroxylation sites is 1. The number of piperidine rings is 1. The first-order chi connectivity index (χ1) is 10.3. The zero-order chi connectivity index (χ0) is 15.1. The number of benzene rings is 1. The second-order valence-corrected chi connectivity index (χ2v) is 5.76. The van der Waals surface area contributed by atoms with Gasteiger partial charge in [0.1, 0.15) is 5.82 Å². The molecule has 1 heterocycles. The minimum Gasteiger partial charge on any atom is -0.383 e. The van der Waals surface area contributed by atoms with Gasteiger partial charge in [-0.2, -0.15) is 0 Å². The van der Waals surface area contributed by atoms with Gasteiger partial charge in [-0.25, -0.2) is 4.39 Å². The molecule has 0 atom stereocenters. The van der Waals surface area contributed by atoms with Gasteiger partial charge in [-0.3, -0.25) is 0 Å². The Bertz CT molecular complexity index is 431. The summed E-state index contributed by atoms with van der Waals surface area (Å²) in [4.78, 5) is 2.22. The predicted octanol–water partition coefficient (Wildman–Crippen LogP) is 3.19. The van der Waals surface area contributed by atoms with Crippen molar-refractivity contribution in [1.82, 2.24) is 5.32 Å². The van der Waals surface area contributed by atoms with Crippen LogP contribution in [0.15, 0.2) is 18.2 Å². The third-order valence-corrected chi connectivity index (χ3v) is 4.38. The van der Waals surface area contributed by atoms with Crippen LogP contribution in [0, 0.1) is 11.7 Å². The van der Waals surface area contributed by atoms with E-state index in [4.69, 9.17) is 4.74 Å². The highest BCUT2D eigenvalue weighted by Crippen LogP contribution is 2.30. The van der Waals surface area contributed by atoms with Crippen molar-refractivity contribution in [2.45, 2.75) is 32.7 Å².